The topological polar surface area (TPSA) is 62.2 Å². The predicted molar refractivity (Wildman–Crippen MR) is 74.3 cm³/mol. The predicted octanol–water partition coefficient (Wildman–Crippen LogP) is 3.09. The van der Waals surface area contributed by atoms with Crippen molar-refractivity contribution >= 4 is 11.7 Å². The summed E-state index contributed by atoms with van der Waals surface area (Å²) in [4.78, 5) is 15.3. The zero-order valence-corrected chi connectivity index (χ0v) is 11.1. The molecule has 1 aromatic heterocycles. The first kappa shape index (κ1) is 14.0. The Bertz CT molecular complexity index is 629. The Kier molecular flexibility index (Phi) is 4.30. The van der Waals surface area contributed by atoms with Gasteiger partial charge in [0.25, 0.3) is 0 Å². The lowest BCUT2D eigenvalue weighted by molar-refractivity contribution is 0.0697. The number of carboxylic acids is 1. The van der Waals surface area contributed by atoms with Crippen molar-refractivity contribution in [3.63, 3.8) is 0 Å². The van der Waals surface area contributed by atoms with Gasteiger partial charge in [-0.3, -0.25) is 4.98 Å². The van der Waals surface area contributed by atoms with Gasteiger partial charge in [-0.15, -0.1) is 0 Å². The number of pyridine rings is 1. The van der Waals surface area contributed by atoms with Gasteiger partial charge in [0.1, 0.15) is 5.82 Å². The molecule has 0 aliphatic carbocycles. The third kappa shape index (κ3) is 2.93. The van der Waals surface area contributed by atoms with Crippen molar-refractivity contribution in [2.24, 2.45) is 0 Å². The number of nitrogens with one attached hydrogen (secondary N) is 1. The number of nitrogens with zero attached hydrogens (tertiary/aromatic N) is 1. The molecule has 0 atom stereocenters. The highest BCUT2D eigenvalue weighted by Gasteiger charge is 2.14. The van der Waals surface area contributed by atoms with E-state index in [2.05, 4.69) is 10.3 Å². The van der Waals surface area contributed by atoms with Crippen LogP contribution in [0.4, 0.5) is 10.1 Å². The minimum Gasteiger partial charge on any atom is -0.478 e. The average molecular weight is 274 g/mol. The van der Waals surface area contributed by atoms with Crippen molar-refractivity contribution in [3.8, 4) is 0 Å². The van der Waals surface area contributed by atoms with Crippen molar-refractivity contribution in [1.29, 1.82) is 0 Å². The van der Waals surface area contributed by atoms with Gasteiger partial charge in [0, 0.05) is 6.20 Å². The summed E-state index contributed by atoms with van der Waals surface area (Å²) in [5.74, 6) is -1.75. The highest BCUT2D eigenvalue weighted by molar-refractivity contribution is 5.94. The smallest absolute Gasteiger partial charge is 0.337 e. The van der Waals surface area contributed by atoms with Crippen LogP contribution in [0.1, 0.15) is 28.5 Å². The van der Waals surface area contributed by atoms with Crippen LogP contribution in [0.25, 0.3) is 0 Å². The van der Waals surface area contributed by atoms with E-state index in [1.165, 1.54) is 18.2 Å². The van der Waals surface area contributed by atoms with E-state index in [0.29, 0.717) is 0 Å². The number of benzene rings is 1. The Morgan fingerprint density at radius 3 is 2.85 bits per heavy atom. The van der Waals surface area contributed by atoms with E-state index in [4.69, 9.17) is 5.11 Å². The summed E-state index contributed by atoms with van der Waals surface area (Å²) in [6.45, 7) is 2.29. The maximum Gasteiger partial charge on any atom is 0.337 e. The van der Waals surface area contributed by atoms with Crippen LogP contribution in [0.2, 0.25) is 0 Å². The van der Waals surface area contributed by atoms with Crippen LogP contribution in [-0.2, 0) is 13.0 Å². The van der Waals surface area contributed by atoms with E-state index in [-0.39, 0.29) is 17.8 Å². The summed E-state index contributed by atoms with van der Waals surface area (Å²) >= 11 is 0. The van der Waals surface area contributed by atoms with Crippen molar-refractivity contribution in [1.82, 2.24) is 4.98 Å². The number of rotatable bonds is 5. The second kappa shape index (κ2) is 6.14. The summed E-state index contributed by atoms with van der Waals surface area (Å²) < 4.78 is 13.7. The second-order valence-corrected chi connectivity index (χ2v) is 4.28. The van der Waals surface area contributed by atoms with Gasteiger partial charge in [-0.1, -0.05) is 19.1 Å². The Labute approximate surface area is 116 Å². The van der Waals surface area contributed by atoms with Crippen molar-refractivity contribution in [2.45, 2.75) is 19.9 Å². The third-order valence-corrected chi connectivity index (χ3v) is 3.04. The van der Waals surface area contributed by atoms with Gasteiger partial charge in [-0.25, -0.2) is 9.18 Å². The molecule has 0 amide bonds. The van der Waals surface area contributed by atoms with Gasteiger partial charge in [-0.05, 0) is 30.2 Å². The number of aromatic nitrogens is 1. The normalized spacial score (nSPS) is 10.3. The molecule has 2 N–H and O–H groups in total. The van der Waals surface area contributed by atoms with Crippen LogP contribution in [0.3, 0.4) is 0 Å². The fraction of sp³-hybridized carbons (Fsp3) is 0.200. The molecule has 104 valence electrons. The monoisotopic (exact) mass is 274 g/mol. The minimum atomic E-state index is -1.16. The fourth-order valence-corrected chi connectivity index (χ4v) is 2.01. The number of carboxylic acid groups (broad SMARTS) is 1. The van der Waals surface area contributed by atoms with Crippen LogP contribution in [0.5, 0.6) is 0 Å². The molecule has 4 nitrogen and oxygen atoms in total. The van der Waals surface area contributed by atoms with Gasteiger partial charge in [0.2, 0.25) is 0 Å². The molecular formula is C15H15FN2O2. The van der Waals surface area contributed by atoms with E-state index in [0.717, 1.165) is 17.7 Å². The molecule has 0 fully saturated rings. The van der Waals surface area contributed by atoms with Crippen molar-refractivity contribution in [3.05, 3.63) is 59.2 Å². The molecule has 2 rings (SSSR count). The molecule has 0 saturated heterocycles. The van der Waals surface area contributed by atoms with Crippen molar-refractivity contribution < 1.29 is 14.3 Å². The molecule has 0 unspecified atom stereocenters. The molecule has 20 heavy (non-hydrogen) atoms. The molecule has 2 aromatic rings. The Morgan fingerprint density at radius 2 is 2.15 bits per heavy atom. The van der Waals surface area contributed by atoms with E-state index in [1.807, 2.05) is 19.1 Å². The van der Waals surface area contributed by atoms with E-state index >= 15 is 0 Å². The third-order valence-electron chi connectivity index (χ3n) is 3.04. The van der Waals surface area contributed by atoms with E-state index < -0.39 is 11.8 Å². The first-order valence-corrected chi connectivity index (χ1v) is 6.32. The van der Waals surface area contributed by atoms with Crippen LogP contribution in [-0.4, -0.2) is 16.1 Å². The first-order valence-electron chi connectivity index (χ1n) is 6.32. The van der Waals surface area contributed by atoms with Crippen LogP contribution in [0, 0.1) is 5.82 Å². The zero-order chi connectivity index (χ0) is 14.5. The second-order valence-electron chi connectivity index (χ2n) is 4.28. The SMILES string of the molecule is CCc1cccnc1CNc1c(F)cccc1C(=O)O. The molecule has 5 heteroatoms. The van der Waals surface area contributed by atoms with Crippen LogP contribution in [0.15, 0.2) is 36.5 Å². The molecule has 0 aliphatic rings. The lowest BCUT2D eigenvalue weighted by Gasteiger charge is -2.12. The maximum atomic E-state index is 13.7. The highest BCUT2D eigenvalue weighted by Crippen LogP contribution is 2.21. The molecule has 1 aromatic carbocycles. The molecule has 1 heterocycles. The maximum absolute atomic E-state index is 13.7. The van der Waals surface area contributed by atoms with E-state index in [1.54, 1.807) is 6.20 Å². The number of aromatic carboxylic acids is 1. The minimum absolute atomic E-state index is 0.00675. The summed E-state index contributed by atoms with van der Waals surface area (Å²) in [5.41, 5.74) is 1.74. The first-order chi connectivity index (χ1) is 9.63. The van der Waals surface area contributed by atoms with Gasteiger partial charge in [0.15, 0.2) is 0 Å². The highest BCUT2D eigenvalue weighted by atomic mass is 19.1. The lowest BCUT2D eigenvalue weighted by atomic mass is 10.1. The summed E-state index contributed by atoms with van der Waals surface area (Å²) in [7, 11) is 0. The van der Waals surface area contributed by atoms with E-state index in [9.17, 15) is 9.18 Å². The summed E-state index contributed by atoms with van der Waals surface area (Å²) in [6.07, 6.45) is 2.48. The average Bonchev–Trinajstić information content (AvgIpc) is 2.46. The number of anilines is 1. The molecular weight excluding hydrogens is 259 g/mol. The van der Waals surface area contributed by atoms with Gasteiger partial charge in [0.05, 0.1) is 23.5 Å². The van der Waals surface area contributed by atoms with Gasteiger partial charge >= 0.3 is 5.97 Å². The van der Waals surface area contributed by atoms with Gasteiger partial charge in [-0.2, -0.15) is 0 Å². The summed E-state index contributed by atoms with van der Waals surface area (Å²) in [6, 6.07) is 7.76. The quantitative estimate of drug-likeness (QED) is 0.879. The lowest BCUT2D eigenvalue weighted by Crippen LogP contribution is -2.10. The van der Waals surface area contributed by atoms with Gasteiger partial charge < -0.3 is 10.4 Å². The Morgan fingerprint density at radius 1 is 1.35 bits per heavy atom. The van der Waals surface area contributed by atoms with Crippen LogP contribution < -0.4 is 5.32 Å². The standard InChI is InChI=1S/C15H15FN2O2/c1-2-10-5-4-8-17-13(10)9-18-14-11(15(19)20)6-3-7-12(14)16/h3-8,18H,2,9H2,1H3,(H,19,20). The van der Waals surface area contributed by atoms with Crippen LogP contribution >= 0.6 is 0 Å². The van der Waals surface area contributed by atoms with Crippen molar-refractivity contribution in [2.75, 3.05) is 5.32 Å². The number of hydrogen-bond acceptors (Lipinski definition) is 3. The number of para-hydroxylation sites is 1. The molecule has 0 spiro atoms. The zero-order valence-electron chi connectivity index (χ0n) is 11.1. The number of hydrogen-bond donors (Lipinski definition) is 2. The summed E-state index contributed by atoms with van der Waals surface area (Å²) in [5, 5.41) is 11.9. The molecule has 0 radical (unpaired) electrons. The number of carbonyl (C=O) groups is 1. The Hall–Kier alpha value is -2.43. The largest absolute Gasteiger partial charge is 0.478 e. The number of aryl methyl sites for hydroxylation is 1. The molecule has 0 aliphatic heterocycles. The Balaban J connectivity index is 2.25. The number of halogens is 1. The fourth-order valence-electron chi connectivity index (χ4n) is 2.01. The molecule has 0 saturated carbocycles. The molecule has 0 bridgehead atoms.